The maximum atomic E-state index is 12.3. The highest BCUT2D eigenvalue weighted by Crippen LogP contribution is 2.26. The normalized spacial score (nSPS) is 13.8. The van der Waals surface area contributed by atoms with Crippen molar-refractivity contribution in [1.29, 1.82) is 0 Å². The molecule has 0 radical (unpaired) electrons. The van der Waals surface area contributed by atoms with Crippen molar-refractivity contribution in [3.05, 3.63) is 24.3 Å². The van der Waals surface area contributed by atoms with E-state index in [1.807, 2.05) is 12.1 Å². The van der Waals surface area contributed by atoms with E-state index in [1.54, 1.807) is 26.2 Å². The molecule has 0 heterocycles. The Labute approximate surface area is 123 Å². The molecular weight excluding hydrogens is 272 g/mol. The Bertz CT molecular complexity index is 522. The maximum Gasteiger partial charge on any atom is 0.244 e. The summed E-state index contributed by atoms with van der Waals surface area (Å²) >= 11 is 0. The summed E-state index contributed by atoms with van der Waals surface area (Å²) in [7, 11) is -0.317. The van der Waals surface area contributed by atoms with E-state index in [2.05, 4.69) is 26.1 Å². The van der Waals surface area contributed by atoms with Gasteiger partial charge in [-0.25, -0.2) is 12.7 Å². The Balaban J connectivity index is 3.09. The zero-order chi connectivity index (χ0) is 15.3. The van der Waals surface area contributed by atoms with Crippen LogP contribution in [0.3, 0.4) is 0 Å². The van der Waals surface area contributed by atoms with E-state index < -0.39 is 10.0 Å². The minimum atomic E-state index is -3.42. The topological polar surface area (TPSA) is 49.4 Å². The first-order chi connectivity index (χ1) is 9.34. The number of anilines is 1. The van der Waals surface area contributed by atoms with Gasteiger partial charge in [-0.15, -0.1) is 0 Å². The van der Waals surface area contributed by atoms with Gasteiger partial charge in [-0.3, -0.25) is 0 Å². The molecule has 4 nitrogen and oxygen atoms in total. The quantitative estimate of drug-likeness (QED) is 0.841. The summed E-state index contributed by atoms with van der Waals surface area (Å²) in [5.74, 6) is 0.533. The Kier molecular flexibility index (Phi) is 6.02. The molecule has 0 amide bonds. The lowest BCUT2D eigenvalue weighted by atomic mass is 9.95. The van der Waals surface area contributed by atoms with Crippen LogP contribution in [0.4, 0.5) is 5.69 Å². The van der Waals surface area contributed by atoms with Gasteiger partial charge in [0.05, 0.1) is 5.69 Å². The second-order valence-corrected chi connectivity index (χ2v) is 7.41. The molecule has 0 saturated carbocycles. The van der Waals surface area contributed by atoms with Crippen molar-refractivity contribution >= 4 is 15.7 Å². The Morgan fingerprint density at radius 2 is 1.70 bits per heavy atom. The molecular formula is C15H26N2O2S. The van der Waals surface area contributed by atoms with E-state index in [9.17, 15) is 8.42 Å². The minimum Gasteiger partial charge on any atom is -0.381 e. The Morgan fingerprint density at radius 3 is 2.20 bits per heavy atom. The predicted molar refractivity (Wildman–Crippen MR) is 84.5 cm³/mol. The molecule has 1 unspecified atom stereocenters. The molecule has 20 heavy (non-hydrogen) atoms. The molecule has 0 aromatic heterocycles. The zero-order valence-electron chi connectivity index (χ0n) is 13.1. The Hall–Kier alpha value is -1.07. The first-order valence-electron chi connectivity index (χ1n) is 7.12. The first kappa shape index (κ1) is 17.0. The van der Waals surface area contributed by atoms with Crippen LogP contribution in [0.25, 0.3) is 0 Å². The number of benzene rings is 1. The average molecular weight is 298 g/mol. The van der Waals surface area contributed by atoms with Gasteiger partial charge in [-0.05, 0) is 25.0 Å². The van der Waals surface area contributed by atoms with Gasteiger partial charge in [0.2, 0.25) is 10.0 Å². The Morgan fingerprint density at radius 1 is 1.15 bits per heavy atom. The number of hydrogen-bond acceptors (Lipinski definition) is 3. The number of para-hydroxylation sites is 1. The summed E-state index contributed by atoms with van der Waals surface area (Å²) < 4.78 is 25.9. The maximum absolute atomic E-state index is 12.3. The smallest absolute Gasteiger partial charge is 0.244 e. The van der Waals surface area contributed by atoms with Crippen molar-refractivity contribution in [3.8, 4) is 0 Å². The lowest BCUT2D eigenvalue weighted by Gasteiger charge is -2.25. The fourth-order valence-corrected chi connectivity index (χ4v) is 3.42. The summed E-state index contributed by atoms with van der Waals surface area (Å²) in [6, 6.07) is 7.33. The third-order valence-corrected chi connectivity index (χ3v) is 5.66. The van der Waals surface area contributed by atoms with Crippen LogP contribution in [0.1, 0.15) is 33.6 Å². The molecule has 5 heteroatoms. The van der Waals surface area contributed by atoms with Crippen LogP contribution in [-0.4, -0.2) is 32.9 Å². The van der Waals surface area contributed by atoms with E-state index in [0.29, 0.717) is 16.5 Å². The van der Waals surface area contributed by atoms with Gasteiger partial charge < -0.3 is 5.32 Å². The first-order valence-corrected chi connectivity index (χ1v) is 8.56. The molecule has 1 atom stereocenters. The van der Waals surface area contributed by atoms with Crippen LogP contribution in [-0.2, 0) is 10.0 Å². The van der Waals surface area contributed by atoms with Gasteiger partial charge in [0.15, 0.2) is 0 Å². The van der Waals surface area contributed by atoms with Gasteiger partial charge in [0.1, 0.15) is 4.90 Å². The standard InChI is InChI=1S/C15H26N2O2S/c1-6-13(7-2)12(3)16-14-10-8-9-11-15(14)20(18,19)17(4)5/h8-13,16H,6-7H2,1-5H3. The highest BCUT2D eigenvalue weighted by Gasteiger charge is 2.22. The minimum absolute atomic E-state index is 0.239. The second-order valence-electron chi connectivity index (χ2n) is 5.29. The van der Waals surface area contributed by atoms with Crippen molar-refractivity contribution < 1.29 is 8.42 Å². The van der Waals surface area contributed by atoms with Crippen molar-refractivity contribution in [1.82, 2.24) is 4.31 Å². The fraction of sp³-hybridized carbons (Fsp3) is 0.600. The summed E-state index contributed by atoms with van der Waals surface area (Å²) in [5, 5.41) is 3.37. The summed E-state index contributed by atoms with van der Waals surface area (Å²) in [5.41, 5.74) is 0.681. The molecule has 1 aromatic carbocycles. The highest BCUT2D eigenvalue weighted by atomic mass is 32.2. The highest BCUT2D eigenvalue weighted by molar-refractivity contribution is 7.89. The zero-order valence-corrected chi connectivity index (χ0v) is 13.9. The van der Waals surface area contributed by atoms with Crippen LogP contribution < -0.4 is 5.32 Å². The number of rotatable bonds is 7. The van der Waals surface area contributed by atoms with E-state index in [-0.39, 0.29) is 6.04 Å². The van der Waals surface area contributed by atoms with Gasteiger partial charge in [-0.1, -0.05) is 38.8 Å². The largest absolute Gasteiger partial charge is 0.381 e. The molecule has 0 aliphatic rings. The number of sulfonamides is 1. The number of nitrogens with zero attached hydrogens (tertiary/aromatic N) is 1. The van der Waals surface area contributed by atoms with Crippen molar-refractivity contribution in [2.24, 2.45) is 5.92 Å². The molecule has 0 aliphatic heterocycles. The summed E-state index contributed by atoms with van der Waals surface area (Å²) in [4.78, 5) is 0.336. The molecule has 1 rings (SSSR count). The fourth-order valence-electron chi connectivity index (χ4n) is 2.37. The summed E-state index contributed by atoms with van der Waals surface area (Å²) in [6.07, 6.45) is 2.15. The van der Waals surface area contributed by atoms with E-state index in [1.165, 1.54) is 4.31 Å². The molecule has 0 fully saturated rings. The van der Waals surface area contributed by atoms with Gasteiger partial charge in [0.25, 0.3) is 0 Å². The van der Waals surface area contributed by atoms with Crippen LogP contribution in [0, 0.1) is 5.92 Å². The van der Waals surface area contributed by atoms with Crippen LogP contribution in [0.15, 0.2) is 29.2 Å². The molecule has 0 aliphatic carbocycles. The average Bonchev–Trinajstić information content (AvgIpc) is 2.40. The van der Waals surface area contributed by atoms with Crippen molar-refractivity contribution in [3.63, 3.8) is 0 Å². The number of hydrogen-bond donors (Lipinski definition) is 1. The SMILES string of the molecule is CCC(CC)C(C)Nc1ccccc1S(=O)(=O)N(C)C. The van der Waals surface area contributed by atoms with Crippen LogP contribution in [0.5, 0.6) is 0 Å². The van der Waals surface area contributed by atoms with Crippen molar-refractivity contribution in [2.75, 3.05) is 19.4 Å². The van der Waals surface area contributed by atoms with E-state index in [0.717, 1.165) is 12.8 Å². The van der Waals surface area contributed by atoms with Gasteiger partial charge in [0, 0.05) is 20.1 Å². The molecule has 1 N–H and O–H groups in total. The van der Waals surface area contributed by atoms with Gasteiger partial charge in [-0.2, -0.15) is 0 Å². The van der Waals surface area contributed by atoms with E-state index >= 15 is 0 Å². The molecule has 1 aromatic rings. The van der Waals surface area contributed by atoms with Crippen LogP contribution in [0.2, 0.25) is 0 Å². The third-order valence-electron chi connectivity index (χ3n) is 3.78. The lowest BCUT2D eigenvalue weighted by Crippen LogP contribution is -2.28. The molecule has 0 bridgehead atoms. The number of nitrogens with one attached hydrogen (secondary N) is 1. The van der Waals surface area contributed by atoms with Gasteiger partial charge >= 0.3 is 0 Å². The predicted octanol–water partition coefficient (Wildman–Crippen LogP) is 3.17. The second kappa shape index (κ2) is 7.09. The van der Waals surface area contributed by atoms with E-state index in [4.69, 9.17) is 0 Å². The van der Waals surface area contributed by atoms with Crippen molar-refractivity contribution in [2.45, 2.75) is 44.6 Å². The molecule has 114 valence electrons. The third kappa shape index (κ3) is 3.73. The summed E-state index contributed by atoms with van der Waals surface area (Å²) in [6.45, 7) is 6.43. The lowest BCUT2D eigenvalue weighted by molar-refractivity contribution is 0.437. The monoisotopic (exact) mass is 298 g/mol. The van der Waals surface area contributed by atoms with Crippen LogP contribution >= 0.6 is 0 Å². The molecule has 0 saturated heterocycles. The molecule has 0 spiro atoms.